The van der Waals surface area contributed by atoms with Gasteiger partial charge in [0.25, 0.3) is 0 Å². The van der Waals surface area contributed by atoms with Gasteiger partial charge in [-0.05, 0) is 37.3 Å². The molecule has 1 N–H and O–H groups in total. The first-order valence-corrected chi connectivity index (χ1v) is 8.74. The van der Waals surface area contributed by atoms with Crippen LogP contribution in [0.2, 0.25) is 0 Å². The number of phenolic OH excluding ortho intramolecular Hbond substituents is 1. The molecule has 0 aliphatic carbocycles. The fourth-order valence-corrected chi connectivity index (χ4v) is 4.30. The molecule has 4 rings (SSSR count). The van der Waals surface area contributed by atoms with E-state index in [1.807, 2.05) is 37.3 Å². The smallest absolute Gasteiger partial charge is 0.202 e. The van der Waals surface area contributed by atoms with E-state index in [0.29, 0.717) is 10.4 Å². The summed E-state index contributed by atoms with van der Waals surface area (Å²) < 4.78 is 6.17. The molecular formula is C21H16O3S. The molecule has 0 aliphatic heterocycles. The van der Waals surface area contributed by atoms with Crippen molar-refractivity contribution in [3.05, 3.63) is 70.6 Å². The van der Waals surface area contributed by atoms with Crippen LogP contribution < -0.4 is 4.74 Å². The van der Waals surface area contributed by atoms with Gasteiger partial charge in [0.1, 0.15) is 11.5 Å². The standard InChI is InChI=1S/C21H16O3S/c1-12-17-11-18(20(23)13-7-9-14(24-2)10-8-13)25-21(17)16-6-4-3-5-15(16)19(12)22/h3-11,22H,1-2H3. The molecule has 0 fully saturated rings. The Bertz CT molecular complexity index is 1110. The number of aryl methyl sites for hydroxylation is 1. The summed E-state index contributed by atoms with van der Waals surface area (Å²) in [5.74, 6) is 0.982. The third kappa shape index (κ3) is 2.46. The lowest BCUT2D eigenvalue weighted by Gasteiger charge is -2.06. The molecule has 3 nitrogen and oxygen atoms in total. The monoisotopic (exact) mass is 348 g/mol. The molecule has 4 heteroatoms. The average Bonchev–Trinajstić information content (AvgIpc) is 3.11. The maximum absolute atomic E-state index is 12.9. The Morgan fingerprint density at radius 3 is 2.36 bits per heavy atom. The maximum Gasteiger partial charge on any atom is 0.202 e. The lowest BCUT2D eigenvalue weighted by molar-refractivity contribution is 0.104. The van der Waals surface area contributed by atoms with Gasteiger partial charge in [0.05, 0.1) is 12.0 Å². The van der Waals surface area contributed by atoms with Crippen LogP contribution in [0.15, 0.2) is 54.6 Å². The third-order valence-corrected chi connectivity index (χ3v) is 5.66. The van der Waals surface area contributed by atoms with Crippen molar-refractivity contribution in [2.75, 3.05) is 7.11 Å². The second-order valence-corrected chi connectivity index (χ2v) is 6.98. The number of ether oxygens (including phenoxy) is 1. The number of phenols is 1. The summed E-state index contributed by atoms with van der Waals surface area (Å²) >= 11 is 1.47. The molecule has 0 aliphatic rings. The van der Waals surface area contributed by atoms with E-state index in [1.165, 1.54) is 11.3 Å². The molecule has 3 aromatic carbocycles. The summed E-state index contributed by atoms with van der Waals surface area (Å²) in [6, 6.07) is 16.7. The van der Waals surface area contributed by atoms with Gasteiger partial charge in [-0.2, -0.15) is 0 Å². The second kappa shape index (κ2) is 5.90. The van der Waals surface area contributed by atoms with Gasteiger partial charge in [-0.15, -0.1) is 11.3 Å². The highest BCUT2D eigenvalue weighted by molar-refractivity contribution is 7.22. The van der Waals surface area contributed by atoms with Gasteiger partial charge >= 0.3 is 0 Å². The highest BCUT2D eigenvalue weighted by Crippen LogP contribution is 2.41. The summed E-state index contributed by atoms with van der Waals surface area (Å²) in [6.07, 6.45) is 0. The van der Waals surface area contributed by atoms with Crippen LogP contribution in [0.25, 0.3) is 20.9 Å². The van der Waals surface area contributed by atoms with E-state index in [-0.39, 0.29) is 11.5 Å². The van der Waals surface area contributed by atoms with Gasteiger partial charge in [-0.25, -0.2) is 0 Å². The van der Waals surface area contributed by atoms with Crippen molar-refractivity contribution in [3.63, 3.8) is 0 Å². The molecular weight excluding hydrogens is 332 g/mol. The van der Waals surface area contributed by atoms with Gasteiger partial charge in [-0.1, -0.05) is 24.3 Å². The summed E-state index contributed by atoms with van der Waals surface area (Å²) in [6.45, 7) is 1.89. The Morgan fingerprint density at radius 1 is 1.00 bits per heavy atom. The van der Waals surface area contributed by atoms with Crippen LogP contribution in [0.5, 0.6) is 11.5 Å². The van der Waals surface area contributed by atoms with E-state index < -0.39 is 0 Å². The summed E-state index contributed by atoms with van der Waals surface area (Å²) in [7, 11) is 1.60. The van der Waals surface area contributed by atoms with Gasteiger partial charge < -0.3 is 9.84 Å². The Kier molecular flexibility index (Phi) is 3.70. The molecule has 1 heterocycles. The first kappa shape index (κ1) is 15.7. The number of thiophene rings is 1. The topological polar surface area (TPSA) is 46.5 Å². The second-order valence-electron chi connectivity index (χ2n) is 5.93. The van der Waals surface area contributed by atoms with E-state index in [1.54, 1.807) is 31.4 Å². The zero-order valence-electron chi connectivity index (χ0n) is 13.9. The number of methoxy groups -OCH3 is 1. The minimum absolute atomic E-state index is 0.0215. The van der Waals surface area contributed by atoms with Crippen molar-refractivity contribution in [1.29, 1.82) is 0 Å². The third-order valence-electron chi connectivity index (χ3n) is 4.49. The van der Waals surface area contributed by atoms with Crippen LogP contribution in [0, 0.1) is 6.92 Å². The SMILES string of the molecule is COc1ccc(C(=O)c2cc3c(C)c(O)c4ccccc4c3s2)cc1. The Morgan fingerprint density at radius 2 is 1.68 bits per heavy atom. The van der Waals surface area contributed by atoms with Crippen molar-refractivity contribution in [3.8, 4) is 11.5 Å². The van der Waals surface area contributed by atoms with E-state index in [9.17, 15) is 9.90 Å². The van der Waals surface area contributed by atoms with Crippen LogP contribution in [0.1, 0.15) is 20.8 Å². The lowest BCUT2D eigenvalue weighted by atomic mass is 10.0. The Balaban J connectivity index is 1.90. The number of aromatic hydroxyl groups is 1. The van der Waals surface area contributed by atoms with E-state index >= 15 is 0 Å². The van der Waals surface area contributed by atoms with E-state index in [2.05, 4.69) is 0 Å². The van der Waals surface area contributed by atoms with Gasteiger partial charge in [0.2, 0.25) is 5.78 Å². The minimum atomic E-state index is -0.0215. The quantitative estimate of drug-likeness (QED) is 0.511. The fourth-order valence-electron chi connectivity index (χ4n) is 3.08. The Hall–Kier alpha value is -2.85. The molecule has 0 spiro atoms. The molecule has 0 atom stereocenters. The molecule has 0 saturated heterocycles. The maximum atomic E-state index is 12.9. The first-order valence-electron chi connectivity index (χ1n) is 7.92. The van der Waals surface area contributed by atoms with Gasteiger partial charge in [0, 0.05) is 32.0 Å². The van der Waals surface area contributed by atoms with Crippen molar-refractivity contribution in [2.45, 2.75) is 6.92 Å². The largest absolute Gasteiger partial charge is 0.507 e. The highest BCUT2D eigenvalue weighted by Gasteiger charge is 2.18. The predicted octanol–water partition coefficient (Wildman–Crippen LogP) is 5.31. The van der Waals surface area contributed by atoms with Crippen molar-refractivity contribution >= 4 is 38.0 Å². The number of hydrogen-bond acceptors (Lipinski definition) is 4. The number of carbonyl (C=O) groups excluding carboxylic acids is 1. The number of benzene rings is 3. The highest BCUT2D eigenvalue weighted by atomic mass is 32.1. The van der Waals surface area contributed by atoms with Crippen LogP contribution in [0.4, 0.5) is 0 Å². The lowest BCUT2D eigenvalue weighted by Crippen LogP contribution is -1.98. The number of fused-ring (bicyclic) bond motifs is 3. The van der Waals surface area contributed by atoms with E-state index in [0.717, 1.165) is 32.2 Å². The number of ketones is 1. The van der Waals surface area contributed by atoms with Crippen LogP contribution in [0.3, 0.4) is 0 Å². The normalized spacial score (nSPS) is 11.1. The molecule has 0 unspecified atom stereocenters. The minimum Gasteiger partial charge on any atom is -0.507 e. The number of hydrogen-bond donors (Lipinski definition) is 1. The van der Waals surface area contributed by atoms with Crippen molar-refractivity contribution < 1.29 is 14.6 Å². The number of rotatable bonds is 3. The molecule has 0 amide bonds. The van der Waals surface area contributed by atoms with Crippen molar-refractivity contribution in [2.24, 2.45) is 0 Å². The van der Waals surface area contributed by atoms with Gasteiger partial charge in [0.15, 0.2) is 0 Å². The zero-order valence-corrected chi connectivity index (χ0v) is 14.7. The summed E-state index contributed by atoms with van der Waals surface area (Å²) in [5, 5.41) is 13.2. The van der Waals surface area contributed by atoms with Crippen LogP contribution in [-0.4, -0.2) is 18.0 Å². The average molecular weight is 348 g/mol. The Labute approximate surface area is 149 Å². The molecule has 0 bridgehead atoms. The molecule has 1 aromatic heterocycles. The summed E-state index contributed by atoms with van der Waals surface area (Å²) in [4.78, 5) is 13.5. The zero-order chi connectivity index (χ0) is 17.6. The van der Waals surface area contributed by atoms with Crippen molar-refractivity contribution in [1.82, 2.24) is 0 Å². The molecule has 4 aromatic rings. The molecule has 124 valence electrons. The van der Waals surface area contributed by atoms with Crippen LogP contribution >= 0.6 is 11.3 Å². The first-order chi connectivity index (χ1) is 12.1. The van der Waals surface area contributed by atoms with Crippen LogP contribution in [-0.2, 0) is 0 Å². The predicted molar refractivity (Wildman–Crippen MR) is 102 cm³/mol. The molecule has 0 saturated carbocycles. The molecule has 0 radical (unpaired) electrons. The van der Waals surface area contributed by atoms with Gasteiger partial charge in [-0.3, -0.25) is 4.79 Å². The van der Waals surface area contributed by atoms with E-state index in [4.69, 9.17) is 4.74 Å². The fraction of sp³-hybridized carbons (Fsp3) is 0.0952. The summed E-state index contributed by atoms with van der Waals surface area (Å²) in [5.41, 5.74) is 1.43. The number of carbonyl (C=O) groups is 1. The molecule has 25 heavy (non-hydrogen) atoms.